The molecule has 198 valence electrons. The maximum absolute atomic E-state index is 13.7. The zero-order valence-corrected chi connectivity index (χ0v) is 19.7. The van der Waals surface area contributed by atoms with E-state index in [0.29, 0.717) is 16.8 Å². The van der Waals surface area contributed by atoms with Gasteiger partial charge in [0.2, 0.25) is 0 Å². The highest BCUT2D eigenvalue weighted by atomic mass is 19.4. The largest absolute Gasteiger partial charge is 0.461 e. The van der Waals surface area contributed by atoms with Crippen molar-refractivity contribution in [2.24, 2.45) is 0 Å². The monoisotopic (exact) mass is 527 g/mol. The van der Waals surface area contributed by atoms with Gasteiger partial charge in [-0.05, 0) is 48.2 Å². The summed E-state index contributed by atoms with van der Waals surface area (Å²) >= 11 is 0. The molecule has 3 aromatic rings. The van der Waals surface area contributed by atoms with E-state index in [1.165, 1.54) is 17.0 Å². The van der Waals surface area contributed by atoms with Gasteiger partial charge in [0.15, 0.2) is 6.10 Å². The number of anilines is 1. The van der Waals surface area contributed by atoms with Gasteiger partial charge in [0.1, 0.15) is 5.75 Å². The Hall–Kier alpha value is -3.27. The van der Waals surface area contributed by atoms with Crippen LogP contribution in [0.4, 0.5) is 36.4 Å². The van der Waals surface area contributed by atoms with Crippen LogP contribution in [0.5, 0.6) is 5.75 Å². The van der Waals surface area contributed by atoms with Crippen molar-refractivity contribution in [2.45, 2.75) is 43.6 Å². The van der Waals surface area contributed by atoms with E-state index in [1.807, 2.05) is 31.2 Å². The molecule has 0 saturated heterocycles. The molecule has 0 saturated carbocycles. The summed E-state index contributed by atoms with van der Waals surface area (Å²) in [5.41, 5.74) is 2.17. The summed E-state index contributed by atoms with van der Waals surface area (Å²) in [7, 11) is 0. The van der Waals surface area contributed by atoms with E-state index in [4.69, 9.17) is 0 Å². The average Bonchev–Trinajstić information content (AvgIpc) is 3.12. The summed E-state index contributed by atoms with van der Waals surface area (Å²) in [6, 6.07) is 19.5. The third kappa shape index (κ3) is 5.53. The van der Waals surface area contributed by atoms with Crippen LogP contribution in [0.1, 0.15) is 22.3 Å². The molecule has 3 aromatic carbocycles. The number of alkyl halides is 7. The third-order valence-electron chi connectivity index (χ3n) is 6.48. The van der Waals surface area contributed by atoms with Crippen molar-refractivity contribution in [3.05, 3.63) is 95.1 Å². The van der Waals surface area contributed by atoms with Crippen molar-refractivity contribution in [1.82, 2.24) is 0 Å². The number of aliphatic hydroxyl groups excluding tert-OH is 1. The molecule has 0 amide bonds. The molecule has 1 aliphatic rings. The minimum atomic E-state index is -4.84. The van der Waals surface area contributed by atoms with Crippen molar-refractivity contribution in [3.8, 4) is 5.75 Å². The molecule has 1 N–H and O–H groups in total. The minimum Gasteiger partial charge on any atom is -0.428 e. The van der Waals surface area contributed by atoms with Crippen LogP contribution in [0.3, 0.4) is 0 Å². The van der Waals surface area contributed by atoms with Crippen molar-refractivity contribution in [2.75, 3.05) is 18.0 Å². The number of benzene rings is 3. The van der Waals surface area contributed by atoms with Crippen molar-refractivity contribution >= 4 is 5.69 Å². The smallest absolute Gasteiger partial charge is 0.428 e. The van der Waals surface area contributed by atoms with Crippen LogP contribution < -0.4 is 9.64 Å². The highest BCUT2D eigenvalue weighted by Crippen LogP contribution is 2.48. The van der Waals surface area contributed by atoms with Crippen LogP contribution in [0.2, 0.25) is 0 Å². The van der Waals surface area contributed by atoms with Gasteiger partial charge in [-0.2, -0.15) is 30.7 Å². The highest BCUT2D eigenvalue weighted by molar-refractivity contribution is 5.67. The number of ether oxygens (including phenoxy) is 1. The lowest BCUT2D eigenvalue weighted by molar-refractivity contribution is -0.253. The summed E-state index contributed by atoms with van der Waals surface area (Å²) in [4.78, 5) is 1.41. The van der Waals surface area contributed by atoms with E-state index in [1.54, 1.807) is 30.3 Å². The van der Waals surface area contributed by atoms with E-state index >= 15 is 0 Å². The molecule has 37 heavy (non-hydrogen) atoms. The summed E-state index contributed by atoms with van der Waals surface area (Å²) in [6.07, 6.45) is -16.0. The number of aliphatic hydroxyl groups is 1. The number of fused-ring (bicyclic) bond motifs is 1. The maximum Gasteiger partial charge on any atom is 0.461 e. The predicted molar refractivity (Wildman–Crippen MR) is 124 cm³/mol. The van der Waals surface area contributed by atoms with Gasteiger partial charge in [-0.3, -0.25) is 0 Å². The molecule has 0 aromatic heterocycles. The van der Waals surface area contributed by atoms with Crippen LogP contribution in [0.25, 0.3) is 0 Å². The van der Waals surface area contributed by atoms with Gasteiger partial charge < -0.3 is 14.7 Å². The molecule has 1 unspecified atom stereocenters. The van der Waals surface area contributed by atoms with Crippen LogP contribution in [0.15, 0.2) is 72.8 Å². The second-order valence-electron chi connectivity index (χ2n) is 9.20. The molecular weight excluding hydrogens is 503 g/mol. The van der Waals surface area contributed by atoms with E-state index in [-0.39, 0.29) is 13.0 Å². The zero-order valence-electron chi connectivity index (χ0n) is 19.7. The molecule has 0 bridgehead atoms. The topological polar surface area (TPSA) is 32.7 Å². The number of halogens is 7. The van der Waals surface area contributed by atoms with E-state index in [0.717, 1.165) is 17.2 Å². The fraction of sp³-hybridized carbons (Fsp3) is 0.333. The lowest BCUT2D eigenvalue weighted by atomic mass is 9.71. The zero-order chi connectivity index (χ0) is 27.0. The van der Waals surface area contributed by atoms with Crippen LogP contribution in [-0.4, -0.2) is 43.0 Å². The Morgan fingerprint density at radius 2 is 1.65 bits per heavy atom. The van der Waals surface area contributed by atoms with Crippen molar-refractivity contribution in [1.29, 1.82) is 0 Å². The lowest BCUT2D eigenvalue weighted by Gasteiger charge is -2.33. The number of hydrogen-bond donors (Lipinski definition) is 1. The molecule has 0 spiro atoms. The Bertz CT molecular complexity index is 1250. The quantitative estimate of drug-likeness (QED) is 0.340. The first-order valence-corrected chi connectivity index (χ1v) is 11.4. The molecular formula is C27H24F7NO2. The molecule has 1 heterocycles. The van der Waals surface area contributed by atoms with E-state index in [2.05, 4.69) is 4.74 Å². The van der Waals surface area contributed by atoms with Gasteiger partial charge in [0.05, 0.1) is 6.54 Å². The Morgan fingerprint density at radius 1 is 0.946 bits per heavy atom. The van der Waals surface area contributed by atoms with Crippen molar-refractivity contribution < 1.29 is 40.6 Å². The molecule has 4 rings (SSSR count). The first-order chi connectivity index (χ1) is 17.3. The Balaban J connectivity index is 1.84. The lowest BCUT2D eigenvalue weighted by Crippen LogP contribution is -2.44. The molecule has 0 aliphatic carbocycles. The van der Waals surface area contributed by atoms with Gasteiger partial charge in [0.25, 0.3) is 0 Å². The average molecular weight is 527 g/mol. The normalized spacial score (nSPS) is 18.7. The summed E-state index contributed by atoms with van der Waals surface area (Å²) in [5.74, 6) is -0.502. The van der Waals surface area contributed by atoms with Gasteiger partial charge in [0, 0.05) is 17.6 Å². The standard InChI is InChI=1S/C27H24F7NO2/c1-17-6-4-7-18(12-17)14-25(19-8-5-9-20(13-19)37-27(33,34)24(28)29)16-35(15-23(36)26(30,31)32)22-11-3-2-10-21(22)25/h2-13,23-24,36H,14-16H2,1H3/t23-,25?/m1/s1. The second kappa shape index (κ2) is 9.89. The van der Waals surface area contributed by atoms with Crippen molar-refractivity contribution in [3.63, 3.8) is 0 Å². The summed E-state index contributed by atoms with van der Waals surface area (Å²) < 4.78 is 96.9. The number of aryl methyl sites for hydroxylation is 1. The number of rotatable bonds is 8. The Morgan fingerprint density at radius 3 is 2.32 bits per heavy atom. The third-order valence-corrected chi connectivity index (χ3v) is 6.48. The fourth-order valence-corrected chi connectivity index (χ4v) is 4.85. The second-order valence-corrected chi connectivity index (χ2v) is 9.20. The predicted octanol–water partition coefficient (Wildman–Crippen LogP) is 6.50. The molecule has 10 heteroatoms. The number of β-amino-alcohol motifs (C(OH)–C–C–N with tert-alkyl or cyclic N) is 1. The fourth-order valence-electron chi connectivity index (χ4n) is 4.85. The number of nitrogens with zero attached hydrogens (tertiary/aromatic N) is 1. The van der Waals surface area contributed by atoms with Crippen LogP contribution in [-0.2, 0) is 11.8 Å². The first-order valence-electron chi connectivity index (χ1n) is 11.4. The molecule has 3 nitrogen and oxygen atoms in total. The van der Waals surface area contributed by atoms with Gasteiger partial charge in [-0.15, -0.1) is 0 Å². The minimum absolute atomic E-state index is 0.0257. The van der Waals surface area contributed by atoms with Crippen LogP contribution >= 0.6 is 0 Å². The summed E-state index contributed by atoms with van der Waals surface area (Å²) in [6.45, 7) is 1.11. The van der Waals surface area contributed by atoms with E-state index < -0.39 is 42.5 Å². The Labute approximate surface area is 209 Å². The summed E-state index contributed by atoms with van der Waals surface area (Å²) in [5, 5.41) is 9.82. The molecule has 0 radical (unpaired) electrons. The maximum atomic E-state index is 13.7. The molecule has 2 atom stereocenters. The molecule has 1 aliphatic heterocycles. The highest BCUT2D eigenvalue weighted by Gasteiger charge is 2.48. The SMILES string of the molecule is Cc1cccc(CC2(c3cccc(OC(F)(F)C(F)F)c3)CN(C[C@@H](O)C(F)(F)F)c3ccccc32)c1. The number of hydrogen-bond acceptors (Lipinski definition) is 3. The van der Waals surface area contributed by atoms with Gasteiger partial charge in [-0.1, -0.05) is 60.2 Å². The van der Waals surface area contributed by atoms with Gasteiger partial charge >= 0.3 is 18.7 Å². The van der Waals surface area contributed by atoms with Crippen LogP contribution in [0, 0.1) is 6.92 Å². The molecule has 0 fully saturated rings. The Kier molecular flexibility index (Phi) is 7.16. The van der Waals surface area contributed by atoms with E-state index in [9.17, 15) is 35.8 Å². The number of para-hydroxylation sites is 1. The first kappa shape index (κ1) is 26.8. The van der Waals surface area contributed by atoms with Gasteiger partial charge in [-0.25, -0.2) is 0 Å².